The third kappa shape index (κ3) is 4.07. The highest BCUT2D eigenvalue weighted by Gasteiger charge is 2.34. The smallest absolute Gasteiger partial charge is 0.227 e. The number of benzene rings is 1. The number of tetrazole rings is 1. The molecule has 1 saturated heterocycles. The summed E-state index contributed by atoms with van der Waals surface area (Å²) < 4.78 is 14.3. The molecule has 1 amide bonds. The van der Waals surface area contributed by atoms with Gasteiger partial charge in [0.05, 0.1) is 12.2 Å². The maximum atomic E-state index is 14.3. The lowest BCUT2D eigenvalue weighted by atomic mass is 9.91. The Labute approximate surface area is 152 Å². The summed E-state index contributed by atoms with van der Waals surface area (Å²) in [6.07, 6.45) is 2.60. The second-order valence-electron chi connectivity index (χ2n) is 6.73. The van der Waals surface area contributed by atoms with Crippen molar-refractivity contribution in [2.75, 3.05) is 24.5 Å². The topological polar surface area (TPSA) is 67.2 Å². The molecule has 0 aliphatic carbocycles. The number of rotatable bonds is 6. The molecule has 2 atom stereocenters. The Hall–Kier alpha value is -2.35. The highest BCUT2D eigenvalue weighted by atomic mass is 19.1. The number of carbonyl (C=O) groups excluding carboxylic acids is 1. The van der Waals surface area contributed by atoms with Gasteiger partial charge >= 0.3 is 0 Å². The van der Waals surface area contributed by atoms with Crippen molar-refractivity contribution < 1.29 is 9.18 Å². The van der Waals surface area contributed by atoms with E-state index in [1.54, 1.807) is 27.9 Å². The minimum absolute atomic E-state index is 0.0000880. The van der Waals surface area contributed by atoms with E-state index in [-0.39, 0.29) is 23.7 Å². The molecule has 0 unspecified atom stereocenters. The van der Waals surface area contributed by atoms with Crippen LogP contribution in [0.1, 0.15) is 26.7 Å². The third-order valence-electron chi connectivity index (χ3n) is 4.97. The molecular formula is C18H25FN6O. The van der Waals surface area contributed by atoms with E-state index in [0.717, 1.165) is 26.1 Å². The molecule has 0 radical (unpaired) electrons. The Kier molecular flexibility index (Phi) is 5.92. The summed E-state index contributed by atoms with van der Waals surface area (Å²) in [6, 6.07) is 6.53. The summed E-state index contributed by atoms with van der Waals surface area (Å²) in [5.41, 5.74) is 0.386. The van der Waals surface area contributed by atoms with Gasteiger partial charge in [-0.05, 0) is 29.7 Å². The van der Waals surface area contributed by atoms with E-state index in [1.165, 1.54) is 12.4 Å². The molecule has 0 bridgehead atoms. The lowest BCUT2D eigenvalue weighted by Gasteiger charge is -2.42. The molecule has 0 spiro atoms. The fourth-order valence-electron chi connectivity index (χ4n) is 3.64. The second kappa shape index (κ2) is 8.35. The van der Waals surface area contributed by atoms with Crippen molar-refractivity contribution in [2.24, 2.45) is 5.92 Å². The minimum Gasteiger partial charge on any atom is -0.306 e. The van der Waals surface area contributed by atoms with Crippen molar-refractivity contribution in [1.29, 1.82) is 0 Å². The Morgan fingerprint density at radius 1 is 1.35 bits per heavy atom. The van der Waals surface area contributed by atoms with Crippen molar-refractivity contribution in [3.8, 4) is 0 Å². The summed E-state index contributed by atoms with van der Waals surface area (Å²) >= 11 is 0. The molecule has 140 valence electrons. The van der Waals surface area contributed by atoms with Gasteiger partial charge in [-0.2, -0.15) is 4.80 Å². The highest BCUT2D eigenvalue weighted by Crippen LogP contribution is 2.29. The average Bonchev–Trinajstić information content (AvgIpc) is 3.16. The van der Waals surface area contributed by atoms with Gasteiger partial charge in [0.2, 0.25) is 5.91 Å². The number of likely N-dealkylation sites (tertiary alicyclic amines) is 1. The van der Waals surface area contributed by atoms with Crippen LogP contribution in [0, 0.1) is 11.7 Å². The van der Waals surface area contributed by atoms with Crippen LogP contribution in [0.3, 0.4) is 0 Å². The number of halogens is 1. The van der Waals surface area contributed by atoms with Gasteiger partial charge in [0.1, 0.15) is 5.82 Å². The van der Waals surface area contributed by atoms with Crippen molar-refractivity contribution >= 4 is 11.6 Å². The van der Waals surface area contributed by atoms with Gasteiger partial charge < -0.3 is 9.80 Å². The number of nitrogens with zero attached hydrogens (tertiary/aromatic N) is 6. The Morgan fingerprint density at radius 3 is 2.81 bits per heavy atom. The molecule has 0 N–H and O–H groups in total. The van der Waals surface area contributed by atoms with Crippen LogP contribution in [0.4, 0.5) is 10.1 Å². The number of aromatic nitrogens is 4. The quantitative estimate of drug-likeness (QED) is 0.788. The summed E-state index contributed by atoms with van der Waals surface area (Å²) in [4.78, 5) is 18.2. The SMILES string of the molecule is CCC(=O)N(c1ccccc1F)[C@@H]1CCN(CCn2ncnn2)C[C@H]1C. The van der Waals surface area contributed by atoms with E-state index in [9.17, 15) is 9.18 Å². The van der Waals surface area contributed by atoms with Crippen molar-refractivity contribution in [3.05, 3.63) is 36.4 Å². The molecule has 1 fully saturated rings. The fraction of sp³-hybridized carbons (Fsp3) is 0.556. The summed E-state index contributed by atoms with van der Waals surface area (Å²) in [6.45, 7) is 7.16. The largest absolute Gasteiger partial charge is 0.306 e. The molecular weight excluding hydrogens is 335 g/mol. The van der Waals surface area contributed by atoms with Gasteiger partial charge in [0, 0.05) is 32.1 Å². The summed E-state index contributed by atoms with van der Waals surface area (Å²) in [5, 5.41) is 11.6. The van der Waals surface area contributed by atoms with Gasteiger partial charge in [-0.25, -0.2) is 4.39 Å². The molecule has 0 saturated carbocycles. The maximum Gasteiger partial charge on any atom is 0.227 e. The molecule has 1 aromatic carbocycles. The van der Waals surface area contributed by atoms with Gasteiger partial charge in [0.25, 0.3) is 0 Å². The zero-order chi connectivity index (χ0) is 18.5. The number of hydrogen-bond donors (Lipinski definition) is 0. The summed E-state index contributed by atoms with van der Waals surface area (Å²) in [7, 11) is 0. The molecule has 1 aliphatic rings. The van der Waals surface area contributed by atoms with Gasteiger partial charge in [-0.3, -0.25) is 4.79 Å². The molecule has 3 rings (SSSR count). The third-order valence-corrected chi connectivity index (χ3v) is 4.97. The Bertz CT molecular complexity index is 722. The van der Waals surface area contributed by atoms with Gasteiger partial charge in [-0.15, -0.1) is 10.2 Å². The second-order valence-corrected chi connectivity index (χ2v) is 6.73. The predicted octanol–water partition coefficient (Wildman–Crippen LogP) is 1.97. The van der Waals surface area contributed by atoms with Crippen LogP contribution in [0.25, 0.3) is 0 Å². The predicted molar refractivity (Wildman–Crippen MR) is 96.0 cm³/mol. The lowest BCUT2D eigenvalue weighted by Crippen LogP contribution is -2.53. The number of amides is 1. The zero-order valence-electron chi connectivity index (χ0n) is 15.3. The highest BCUT2D eigenvalue weighted by molar-refractivity contribution is 5.94. The standard InChI is InChI=1S/C18H25FN6O/c1-3-18(26)25(17-7-5-4-6-15(17)19)16-8-9-23(12-14(16)2)10-11-24-21-13-20-22-24/h4-7,13-14,16H,3,8-12H2,1-2H3/t14-,16-/m1/s1. The molecule has 1 aliphatic heterocycles. The minimum atomic E-state index is -0.346. The lowest BCUT2D eigenvalue weighted by molar-refractivity contribution is -0.119. The molecule has 1 aromatic heterocycles. The molecule has 2 heterocycles. The van der Waals surface area contributed by atoms with Crippen LogP contribution < -0.4 is 4.90 Å². The number of carbonyl (C=O) groups is 1. The fourth-order valence-corrected chi connectivity index (χ4v) is 3.64. The van der Waals surface area contributed by atoms with Crippen LogP contribution in [0.15, 0.2) is 30.6 Å². The first-order chi connectivity index (χ1) is 12.6. The first-order valence-corrected chi connectivity index (χ1v) is 9.10. The van der Waals surface area contributed by atoms with Crippen LogP contribution in [-0.2, 0) is 11.3 Å². The van der Waals surface area contributed by atoms with E-state index in [2.05, 4.69) is 27.2 Å². The average molecular weight is 360 g/mol. The molecule has 26 heavy (non-hydrogen) atoms. The van der Waals surface area contributed by atoms with Crippen LogP contribution >= 0.6 is 0 Å². The van der Waals surface area contributed by atoms with E-state index >= 15 is 0 Å². The number of anilines is 1. The van der Waals surface area contributed by atoms with E-state index in [4.69, 9.17) is 0 Å². The molecule has 8 heteroatoms. The van der Waals surface area contributed by atoms with Crippen LogP contribution in [0.5, 0.6) is 0 Å². The van der Waals surface area contributed by atoms with Gasteiger partial charge in [-0.1, -0.05) is 26.0 Å². The van der Waals surface area contributed by atoms with Crippen LogP contribution in [-0.4, -0.2) is 56.7 Å². The van der Waals surface area contributed by atoms with E-state index < -0.39 is 0 Å². The van der Waals surface area contributed by atoms with Crippen molar-refractivity contribution in [2.45, 2.75) is 39.3 Å². The van der Waals surface area contributed by atoms with Crippen LogP contribution in [0.2, 0.25) is 0 Å². The first kappa shape index (κ1) is 18.4. The number of piperidine rings is 1. The number of hydrogen-bond acceptors (Lipinski definition) is 5. The monoisotopic (exact) mass is 360 g/mol. The molecule has 7 nitrogen and oxygen atoms in total. The van der Waals surface area contributed by atoms with E-state index in [1.807, 2.05) is 6.92 Å². The number of para-hydroxylation sites is 1. The van der Waals surface area contributed by atoms with Crippen molar-refractivity contribution in [1.82, 2.24) is 25.1 Å². The summed E-state index contributed by atoms with van der Waals surface area (Å²) in [5.74, 6) is -0.143. The maximum absolute atomic E-state index is 14.3. The normalized spacial score (nSPS) is 20.9. The Balaban J connectivity index is 1.69. The first-order valence-electron chi connectivity index (χ1n) is 9.10. The molecule has 2 aromatic rings. The van der Waals surface area contributed by atoms with E-state index in [0.29, 0.717) is 18.7 Å². The van der Waals surface area contributed by atoms with Crippen molar-refractivity contribution in [3.63, 3.8) is 0 Å². The Morgan fingerprint density at radius 2 is 2.15 bits per heavy atom. The van der Waals surface area contributed by atoms with Gasteiger partial charge in [0.15, 0.2) is 6.33 Å². The zero-order valence-corrected chi connectivity index (χ0v) is 15.3.